The Morgan fingerprint density at radius 2 is 1.95 bits per heavy atom. The molecule has 0 spiro atoms. The van der Waals surface area contributed by atoms with Gasteiger partial charge in [0.05, 0.1) is 16.0 Å². The average Bonchev–Trinajstić information content (AvgIpc) is 3.29. The number of halogens is 2. The molecule has 0 amide bonds. The maximum atomic E-state index is 12.0. The summed E-state index contributed by atoms with van der Waals surface area (Å²) in [5.41, 5.74) is 1.97. The largest absolute Gasteiger partial charge is 0.461 e. The molecule has 0 radical (unpaired) electrons. The molecule has 3 nitrogen and oxygen atoms in total. The number of nitrogens with zero attached hydrogens (tertiary/aromatic N) is 1. The van der Waals surface area contributed by atoms with Gasteiger partial charge in [0.25, 0.3) is 0 Å². The molecule has 21 heavy (non-hydrogen) atoms. The molecule has 1 aliphatic rings. The minimum Gasteiger partial charge on any atom is -0.461 e. The van der Waals surface area contributed by atoms with Gasteiger partial charge in [-0.15, -0.1) is 0 Å². The van der Waals surface area contributed by atoms with Crippen molar-refractivity contribution in [1.82, 2.24) is 4.98 Å². The molecule has 0 unspecified atom stereocenters. The van der Waals surface area contributed by atoms with E-state index in [-0.39, 0.29) is 24.4 Å². The van der Waals surface area contributed by atoms with Crippen LogP contribution in [0.25, 0.3) is 0 Å². The van der Waals surface area contributed by atoms with Gasteiger partial charge in [0.1, 0.15) is 6.61 Å². The zero-order valence-corrected chi connectivity index (χ0v) is 12.6. The molecule has 5 heteroatoms. The second-order valence-electron chi connectivity index (χ2n) is 5.09. The van der Waals surface area contributed by atoms with Crippen molar-refractivity contribution in [3.05, 3.63) is 63.9 Å². The van der Waals surface area contributed by atoms with Gasteiger partial charge >= 0.3 is 5.97 Å². The second-order valence-corrected chi connectivity index (χ2v) is 5.90. The highest BCUT2D eigenvalue weighted by Crippen LogP contribution is 2.49. The number of carbonyl (C=O) groups is 1. The minimum absolute atomic E-state index is 0.0796. The first-order valence-corrected chi connectivity index (χ1v) is 7.41. The van der Waals surface area contributed by atoms with E-state index >= 15 is 0 Å². The Labute approximate surface area is 132 Å². The van der Waals surface area contributed by atoms with E-state index in [2.05, 4.69) is 4.98 Å². The molecule has 1 aliphatic carbocycles. The summed E-state index contributed by atoms with van der Waals surface area (Å²) >= 11 is 11.9. The molecule has 0 aliphatic heterocycles. The normalized spacial score (nSPS) is 20.1. The monoisotopic (exact) mass is 321 g/mol. The lowest BCUT2D eigenvalue weighted by Gasteiger charge is -2.05. The highest BCUT2D eigenvalue weighted by atomic mass is 35.5. The third-order valence-corrected chi connectivity index (χ3v) is 4.33. The maximum absolute atomic E-state index is 12.0. The summed E-state index contributed by atoms with van der Waals surface area (Å²) in [6.07, 6.45) is 4.16. The third kappa shape index (κ3) is 3.36. The minimum atomic E-state index is -0.164. The number of benzene rings is 1. The van der Waals surface area contributed by atoms with E-state index in [4.69, 9.17) is 27.9 Å². The number of hydrogen-bond acceptors (Lipinski definition) is 3. The molecule has 2 aromatic rings. The van der Waals surface area contributed by atoms with E-state index in [1.165, 1.54) is 0 Å². The Hall–Kier alpha value is -1.58. The standard InChI is InChI=1S/C16H13Cl2NO2/c17-14-2-1-11(7-15(14)18)12-8-13(12)16(20)21-9-10-3-5-19-6-4-10/h1-7,12-13H,8-9H2/t12-,13+/m0/s1. The lowest BCUT2D eigenvalue weighted by atomic mass is 10.1. The van der Waals surface area contributed by atoms with Gasteiger partial charge < -0.3 is 4.74 Å². The second kappa shape index (κ2) is 6.04. The van der Waals surface area contributed by atoms with Crippen LogP contribution in [0, 0.1) is 5.92 Å². The summed E-state index contributed by atoms with van der Waals surface area (Å²) in [7, 11) is 0. The molecule has 108 valence electrons. The third-order valence-electron chi connectivity index (χ3n) is 3.60. The van der Waals surface area contributed by atoms with Crippen LogP contribution in [0.5, 0.6) is 0 Å². The van der Waals surface area contributed by atoms with E-state index in [1.807, 2.05) is 24.3 Å². The van der Waals surface area contributed by atoms with E-state index < -0.39 is 0 Å². The Bertz CT molecular complexity index is 661. The summed E-state index contributed by atoms with van der Waals surface area (Å²) in [5, 5.41) is 1.04. The molecule has 0 N–H and O–H groups in total. The van der Waals surface area contributed by atoms with Crippen LogP contribution in [0.15, 0.2) is 42.7 Å². The molecular formula is C16H13Cl2NO2. The van der Waals surface area contributed by atoms with Crippen LogP contribution < -0.4 is 0 Å². The Morgan fingerprint density at radius 1 is 1.19 bits per heavy atom. The number of hydrogen-bond donors (Lipinski definition) is 0. The Morgan fingerprint density at radius 3 is 2.67 bits per heavy atom. The van der Waals surface area contributed by atoms with Crippen molar-refractivity contribution >= 4 is 29.2 Å². The average molecular weight is 322 g/mol. The zero-order valence-electron chi connectivity index (χ0n) is 11.1. The highest BCUT2D eigenvalue weighted by molar-refractivity contribution is 6.42. The molecule has 1 heterocycles. The van der Waals surface area contributed by atoms with Crippen molar-refractivity contribution in [2.75, 3.05) is 0 Å². The van der Waals surface area contributed by atoms with E-state index in [9.17, 15) is 4.79 Å². The van der Waals surface area contributed by atoms with E-state index in [0.29, 0.717) is 10.0 Å². The molecule has 0 saturated heterocycles. The van der Waals surface area contributed by atoms with Gasteiger partial charge in [-0.1, -0.05) is 29.3 Å². The quantitative estimate of drug-likeness (QED) is 0.791. The van der Waals surface area contributed by atoms with Crippen molar-refractivity contribution in [3.63, 3.8) is 0 Å². The fraction of sp³-hybridized carbons (Fsp3) is 0.250. The smallest absolute Gasteiger partial charge is 0.309 e. The molecule has 2 atom stereocenters. The molecule has 1 aromatic carbocycles. The van der Waals surface area contributed by atoms with Gasteiger partial charge in [0.2, 0.25) is 0 Å². The van der Waals surface area contributed by atoms with Gasteiger partial charge in [-0.3, -0.25) is 9.78 Å². The van der Waals surface area contributed by atoms with Crippen molar-refractivity contribution in [2.45, 2.75) is 18.9 Å². The Kier molecular flexibility index (Phi) is 4.13. The zero-order chi connectivity index (χ0) is 14.8. The first kappa shape index (κ1) is 14.4. The molecule has 3 rings (SSSR count). The summed E-state index contributed by atoms with van der Waals surface area (Å²) in [5.74, 6) is -0.0586. The van der Waals surface area contributed by atoms with Crippen molar-refractivity contribution < 1.29 is 9.53 Å². The van der Waals surface area contributed by atoms with Crippen LogP contribution in [-0.4, -0.2) is 11.0 Å². The van der Waals surface area contributed by atoms with E-state index in [1.54, 1.807) is 18.5 Å². The summed E-state index contributed by atoms with van der Waals surface area (Å²) < 4.78 is 5.33. The molecule has 0 bridgehead atoms. The molecule has 1 aromatic heterocycles. The summed E-state index contributed by atoms with van der Waals surface area (Å²) in [6, 6.07) is 9.16. The number of aromatic nitrogens is 1. The number of carbonyl (C=O) groups excluding carboxylic acids is 1. The van der Waals surface area contributed by atoms with Crippen LogP contribution in [0.4, 0.5) is 0 Å². The van der Waals surface area contributed by atoms with Crippen LogP contribution in [0.1, 0.15) is 23.5 Å². The maximum Gasteiger partial charge on any atom is 0.309 e. The molecular weight excluding hydrogens is 309 g/mol. The summed E-state index contributed by atoms with van der Waals surface area (Å²) in [6.45, 7) is 0.284. The fourth-order valence-corrected chi connectivity index (χ4v) is 2.61. The van der Waals surface area contributed by atoms with E-state index in [0.717, 1.165) is 17.5 Å². The predicted molar refractivity (Wildman–Crippen MR) is 81.3 cm³/mol. The number of esters is 1. The first-order chi connectivity index (χ1) is 10.1. The number of pyridine rings is 1. The SMILES string of the molecule is O=C(OCc1ccncc1)[C@@H]1C[C@H]1c1ccc(Cl)c(Cl)c1. The van der Waals surface area contributed by atoms with Gasteiger partial charge in [-0.2, -0.15) is 0 Å². The lowest BCUT2D eigenvalue weighted by molar-refractivity contribution is -0.146. The van der Waals surface area contributed by atoms with Gasteiger partial charge in [-0.05, 0) is 47.7 Å². The summed E-state index contributed by atoms with van der Waals surface area (Å²) in [4.78, 5) is 15.9. The molecule has 1 fully saturated rings. The molecule has 1 saturated carbocycles. The fourth-order valence-electron chi connectivity index (χ4n) is 2.31. The van der Waals surface area contributed by atoms with Crippen LogP contribution >= 0.6 is 23.2 Å². The van der Waals surface area contributed by atoms with Crippen LogP contribution in [0.2, 0.25) is 10.0 Å². The predicted octanol–water partition coefficient (Wildman–Crippen LogP) is 4.24. The number of ether oxygens (including phenoxy) is 1. The number of rotatable bonds is 4. The van der Waals surface area contributed by atoms with Crippen molar-refractivity contribution in [3.8, 4) is 0 Å². The Balaban J connectivity index is 1.57. The van der Waals surface area contributed by atoms with Crippen molar-refractivity contribution in [1.29, 1.82) is 0 Å². The first-order valence-electron chi connectivity index (χ1n) is 6.65. The van der Waals surface area contributed by atoms with Gasteiger partial charge in [0, 0.05) is 12.4 Å². The van der Waals surface area contributed by atoms with Gasteiger partial charge in [-0.25, -0.2) is 0 Å². The lowest BCUT2D eigenvalue weighted by Crippen LogP contribution is -2.08. The van der Waals surface area contributed by atoms with Crippen LogP contribution in [0.3, 0.4) is 0 Å². The topological polar surface area (TPSA) is 39.2 Å². The van der Waals surface area contributed by atoms with Crippen LogP contribution in [-0.2, 0) is 16.1 Å². The van der Waals surface area contributed by atoms with Crippen molar-refractivity contribution in [2.24, 2.45) is 5.92 Å². The van der Waals surface area contributed by atoms with Gasteiger partial charge in [0.15, 0.2) is 0 Å². The highest BCUT2D eigenvalue weighted by Gasteiger charge is 2.45.